The Hall–Kier alpha value is -2.24. The zero-order valence-corrected chi connectivity index (χ0v) is 10.8. The lowest BCUT2D eigenvalue weighted by molar-refractivity contribution is -0.141. The molecule has 1 aromatic heterocycles. The predicted molar refractivity (Wildman–Crippen MR) is 71.4 cm³/mol. The molecule has 1 unspecified atom stereocenters. The number of hydrogen-bond acceptors (Lipinski definition) is 4. The minimum Gasteiger partial charge on any atom is -0.481 e. The molecule has 6 nitrogen and oxygen atoms in total. The van der Waals surface area contributed by atoms with Crippen LogP contribution in [0.4, 0.5) is 5.69 Å². The van der Waals surface area contributed by atoms with Crippen molar-refractivity contribution in [3.05, 3.63) is 28.7 Å². The van der Waals surface area contributed by atoms with Crippen molar-refractivity contribution in [3.63, 3.8) is 0 Å². The molecule has 2 rings (SSSR count). The molecule has 0 fully saturated rings. The quantitative estimate of drug-likeness (QED) is 0.857. The van der Waals surface area contributed by atoms with Gasteiger partial charge in [-0.1, -0.05) is 6.92 Å². The normalized spacial score (nSPS) is 12.5. The molecule has 6 heteroatoms. The molecule has 0 saturated heterocycles. The highest BCUT2D eigenvalue weighted by Gasteiger charge is 2.10. The van der Waals surface area contributed by atoms with Gasteiger partial charge in [0.1, 0.15) is 0 Å². The third-order valence-electron chi connectivity index (χ3n) is 3.12. The number of carboxylic acid groups (broad SMARTS) is 1. The van der Waals surface area contributed by atoms with Gasteiger partial charge in [-0.15, -0.1) is 0 Å². The number of oxazole rings is 1. The van der Waals surface area contributed by atoms with Gasteiger partial charge in [-0.2, -0.15) is 0 Å². The highest BCUT2D eigenvalue weighted by atomic mass is 16.4. The fourth-order valence-corrected chi connectivity index (χ4v) is 1.80. The monoisotopic (exact) mass is 264 g/mol. The smallest absolute Gasteiger partial charge is 0.419 e. The topological polar surface area (TPSA) is 84.5 Å². The lowest BCUT2D eigenvalue weighted by atomic mass is 10.1. The molecule has 102 valence electrons. The highest BCUT2D eigenvalue weighted by Crippen LogP contribution is 2.18. The van der Waals surface area contributed by atoms with E-state index in [4.69, 9.17) is 9.52 Å². The number of hydrogen-bond donors (Lipinski definition) is 2. The van der Waals surface area contributed by atoms with Crippen LogP contribution in [-0.4, -0.2) is 22.2 Å². The summed E-state index contributed by atoms with van der Waals surface area (Å²) < 4.78 is 6.51. The summed E-state index contributed by atoms with van der Waals surface area (Å²) in [7, 11) is 1.65. The predicted octanol–water partition coefficient (Wildman–Crippen LogP) is 1.65. The van der Waals surface area contributed by atoms with E-state index in [1.165, 1.54) is 4.57 Å². The first-order valence-electron chi connectivity index (χ1n) is 6.05. The molecule has 1 heterocycles. The van der Waals surface area contributed by atoms with Crippen molar-refractivity contribution in [2.45, 2.75) is 13.3 Å². The van der Waals surface area contributed by atoms with E-state index in [1.807, 2.05) is 6.07 Å². The van der Waals surface area contributed by atoms with Gasteiger partial charge in [0, 0.05) is 25.3 Å². The van der Waals surface area contributed by atoms with Crippen molar-refractivity contribution in [2.75, 3.05) is 11.9 Å². The fourth-order valence-electron chi connectivity index (χ4n) is 1.80. The molecule has 19 heavy (non-hydrogen) atoms. The van der Waals surface area contributed by atoms with E-state index in [9.17, 15) is 9.59 Å². The minimum absolute atomic E-state index is 0.383. The Morgan fingerprint density at radius 3 is 2.95 bits per heavy atom. The van der Waals surface area contributed by atoms with E-state index in [0.717, 1.165) is 11.2 Å². The molecule has 0 aliphatic rings. The van der Waals surface area contributed by atoms with Gasteiger partial charge in [-0.05, 0) is 18.6 Å². The Kier molecular flexibility index (Phi) is 3.59. The van der Waals surface area contributed by atoms with Gasteiger partial charge < -0.3 is 14.8 Å². The van der Waals surface area contributed by atoms with Crippen LogP contribution in [0.5, 0.6) is 0 Å². The van der Waals surface area contributed by atoms with Crippen LogP contribution in [-0.2, 0) is 11.8 Å². The lowest BCUT2D eigenvalue weighted by Gasteiger charge is -2.08. The molecular formula is C13H16N2O4. The van der Waals surface area contributed by atoms with Crippen LogP contribution < -0.4 is 11.1 Å². The maximum Gasteiger partial charge on any atom is 0.419 e. The molecule has 0 saturated carbocycles. The zero-order chi connectivity index (χ0) is 14.0. The fraction of sp³-hybridized carbons (Fsp3) is 0.385. The first-order valence-corrected chi connectivity index (χ1v) is 6.05. The third kappa shape index (κ3) is 2.78. The molecule has 0 radical (unpaired) electrons. The maximum absolute atomic E-state index is 11.3. The molecule has 0 aliphatic heterocycles. The van der Waals surface area contributed by atoms with Crippen LogP contribution in [0.15, 0.2) is 27.4 Å². The molecular weight excluding hydrogens is 248 g/mol. The van der Waals surface area contributed by atoms with Crippen molar-refractivity contribution in [1.82, 2.24) is 4.57 Å². The summed E-state index contributed by atoms with van der Waals surface area (Å²) in [5.74, 6) is -1.58. The van der Waals surface area contributed by atoms with Gasteiger partial charge >= 0.3 is 11.7 Å². The molecule has 0 bridgehead atoms. The van der Waals surface area contributed by atoms with Crippen LogP contribution in [0.25, 0.3) is 11.1 Å². The average molecular weight is 264 g/mol. The van der Waals surface area contributed by atoms with Crippen molar-refractivity contribution in [3.8, 4) is 0 Å². The largest absolute Gasteiger partial charge is 0.481 e. The van der Waals surface area contributed by atoms with Gasteiger partial charge in [0.2, 0.25) is 0 Å². The van der Waals surface area contributed by atoms with Crippen LogP contribution in [0.3, 0.4) is 0 Å². The molecule has 0 spiro atoms. The van der Waals surface area contributed by atoms with E-state index in [-0.39, 0.29) is 5.92 Å². The number of nitrogens with zero attached hydrogens (tertiary/aromatic N) is 1. The van der Waals surface area contributed by atoms with E-state index in [1.54, 1.807) is 26.1 Å². The number of benzene rings is 1. The Labute approximate surface area is 109 Å². The second-order valence-corrected chi connectivity index (χ2v) is 4.56. The van der Waals surface area contributed by atoms with Crippen molar-refractivity contribution < 1.29 is 14.3 Å². The summed E-state index contributed by atoms with van der Waals surface area (Å²) in [5, 5.41) is 11.9. The SMILES string of the molecule is CC(CCNc1ccc2c(c1)oc(=O)n2C)C(=O)O. The first-order chi connectivity index (χ1) is 8.99. The lowest BCUT2D eigenvalue weighted by Crippen LogP contribution is -2.14. The Balaban J connectivity index is 2.06. The maximum atomic E-state index is 11.3. The first kappa shape index (κ1) is 13.2. The van der Waals surface area contributed by atoms with Crippen LogP contribution >= 0.6 is 0 Å². The number of carboxylic acids is 1. The van der Waals surface area contributed by atoms with E-state index in [0.29, 0.717) is 18.5 Å². The van der Waals surface area contributed by atoms with Crippen LogP contribution in [0, 0.1) is 5.92 Å². The van der Waals surface area contributed by atoms with Crippen molar-refractivity contribution >= 4 is 22.8 Å². The van der Waals surface area contributed by atoms with E-state index >= 15 is 0 Å². The van der Waals surface area contributed by atoms with Gasteiger partial charge in [0.25, 0.3) is 0 Å². The molecule has 2 aromatic rings. The second kappa shape index (κ2) is 5.17. The van der Waals surface area contributed by atoms with Gasteiger partial charge in [-0.25, -0.2) is 4.79 Å². The summed E-state index contributed by atoms with van der Waals surface area (Å²) in [5.41, 5.74) is 2.05. The molecule has 1 aromatic carbocycles. The molecule has 2 N–H and O–H groups in total. The zero-order valence-electron chi connectivity index (χ0n) is 10.8. The number of aromatic nitrogens is 1. The minimum atomic E-state index is -0.800. The Morgan fingerprint density at radius 1 is 1.53 bits per heavy atom. The summed E-state index contributed by atoms with van der Waals surface area (Å²) in [4.78, 5) is 22.0. The van der Waals surface area contributed by atoms with Crippen LogP contribution in [0.1, 0.15) is 13.3 Å². The van der Waals surface area contributed by atoms with Crippen molar-refractivity contribution in [2.24, 2.45) is 13.0 Å². The van der Waals surface area contributed by atoms with Gasteiger partial charge in [0.05, 0.1) is 11.4 Å². The summed E-state index contributed by atoms with van der Waals surface area (Å²) >= 11 is 0. The molecule has 0 aliphatic carbocycles. The summed E-state index contributed by atoms with van der Waals surface area (Å²) in [6.45, 7) is 2.22. The summed E-state index contributed by atoms with van der Waals surface area (Å²) in [6, 6.07) is 5.37. The molecule has 0 amide bonds. The number of aliphatic carboxylic acids is 1. The van der Waals surface area contributed by atoms with E-state index < -0.39 is 11.7 Å². The van der Waals surface area contributed by atoms with Gasteiger partial charge in [0.15, 0.2) is 5.58 Å². The summed E-state index contributed by atoms with van der Waals surface area (Å²) in [6.07, 6.45) is 0.534. The Bertz CT molecular complexity index is 656. The van der Waals surface area contributed by atoms with E-state index in [2.05, 4.69) is 5.32 Å². The average Bonchev–Trinajstić information content (AvgIpc) is 2.64. The second-order valence-electron chi connectivity index (χ2n) is 4.56. The standard InChI is InChI=1S/C13H16N2O4/c1-8(12(16)17)5-6-14-9-3-4-10-11(7-9)19-13(18)15(10)2/h3-4,7-8,14H,5-6H2,1-2H3,(H,16,17). The number of carbonyl (C=O) groups is 1. The molecule has 1 atom stereocenters. The number of nitrogens with one attached hydrogen (secondary N) is 1. The number of aryl methyl sites for hydroxylation is 1. The third-order valence-corrected chi connectivity index (χ3v) is 3.12. The van der Waals surface area contributed by atoms with Crippen molar-refractivity contribution in [1.29, 1.82) is 0 Å². The number of rotatable bonds is 5. The Morgan fingerprint density at radius 2 is 2.26 bits per heavy atom. The van der Waals surface area contributed by atoms with Gasteiger partial charge in [-0.3, -0.25) is 9.36 Å². The number of anilines is 1. The number of fused-ring (bicyclic) bond motifs is 1. The highest BCUT2D eigenvalue weighted by molar-refractivity contribution is 5.77. The van der Waals surface area contributed by atoms with Crippen LogP contribution in [0.2, 0.25) is 0 Å².